The number of nitrogens with zero attached hydrogens (tertiary/aromatic N) is 3. The molecule has 0 aliphatic carbocycles. The van der Waals surface area contributed by atoms with Crippen molar-refractivity contribution < 1.29 is 31.9 Å². The van der Waals surface area contributed by atoms with Crippen molar-refractivity contribution >= 4 is 11.8 Å². The molecule has 0 bridgehead atoms. The molecule has 2 aromatic heterocycles. The number of furan rings is 1. The maximum absolute atomic E-state index is 13.4. The SMILES string of the molecule is COCCCN(CC(=O)N(Cc1ccco1)Cc1cccn1C)C(=O)c1cccc(C(F)(F)F)c1. The van der Waals surface area contributed by atoms with E-state index >= 15 is 0 Å². The van der Waals surface area contributed by atoms with Crippen LogP contribution in [0.15, 0.2) is 65.4 Å². The molecule has 10 heteroatoms. The molecule has 35 heavy (non-hydrogen) atoms. The number of amides is 2. The summed E-state index contributed by atoms with van der Waals surface area (Å²) in [5, 5.41) is 0. The Bertz CT molecular complexity index is 1110. The molecule has 0 unspecified atom stereocenters. The largest absolute Gasteiger partial charge is 0.467 e. The second kappa shape index (κ2) is 11.7. The molecule has 2 heterocycles. The number of aromatic nitrogens is 1. The van der Waals surface area contributed by atoms with Crippen molar-refractivity contribution in [2.75, 3.05) is 26.8 Å². The first-order valence-corrected chi connectivity index (χ1v) is 11.0. The Kier molecular flexibility index (Phi) is 8.75. The summed E-state index contributed by atoms with van der Waals surface area (Å²) in [5.41, 5.74) is -0.181. The van der Waals surface area contributed by atoms with E-state index in [1.54, 1.807) is 17.0 Å². The lowest BCUT2D eigenvalue weighted by atomic mass is 10.1. The Morgan fingerprint density at radius 1 is 1.06 bits per heavy atom. The summed E-state index contributed by atoms with van der Waals surface area (Å²) >= 11 is 0. The minimum atomic E-state index is -4.58. The Balaban J connectivity index is 1.83. The van der Waals surface area contributed by atoms with Gasteiger partial charge in [0.2, 0.25) is 5.91 Å². The number of rotatable bonds is 11. The van der Waals surface area contributed by atoms with E-state index < -0.39 is 17.6 Å². The number of hydrogen-bond donors (Lipinski definition) is 0. The lowest BCUT2D eigenvalue weighted by molar-refractivity contribution is -0.137. The van der Waals surface area contributed by atoms with Crippen LogP contribution in [0.1, 0.15) is 33.8 Å². The normalized spacial score (nSPS) is 11.5. The standard InChI is InChI=1S/C25H28F3N3O4/c1-29-11-4-9-21(29)16-31(17-22-10-5-14-35-22)23(32)18-30(12-6-13-34-2)24(33)19-7-3-8-20(15-19)25(26,27)28/h3-5,7-11,14-15H,6,12-13,16-18H2,1-2H3. The molecule has 0 atom stereocenters. The van der Waals surface area contributed by atoms with Gasteiger partial charge in [-0.2, -0.15) is 13.2 Å². The van der Waals surface area contributed by atoms with Gasteiger partial charge in [-0.05, 0) is 48.9 Å². The quantitative estimate of drug-likeness (QED) is 0.374. The molecule has 0 aliphatic heterocycles. The van der Waals surface area contributed by atoms with Gasteiger partial charge in [-0.25, -0.2) is 0 Å². The second-order valence-corrected chi connectivity index (χ2v) is 8.09. The van der Waals surface area contributed by atoms with Crippen LogP contribution < -0.4 is 0 Å². The van der Waals surface area contributed by atoms with Crippen LogP contribution in [-0.4, -0.2) is 53.0 Å². The van der Waals surface area contributed by atoms with Crippen LogP contribution in [0.25, 0.3) is 0 Å². The van der Waals surface area contributed by atoms with Gasteiger partial charge in [0.25, 0.3) is 5.91 Å². The number of halogens is 3. The summed E-state index contributed by atoms with van der Waals surface area (Å²) in [7, 11) is 3.37. The van der Waals surface area contributed by atoms with Crippen LogP contribution in [0.4, 0.5) is 13.2 Å². The highest BCUT2D eigenvalue weighted by Gasteiger charge is 2.32. The Morgan fingerprint density at radius 3 is 2.49 bits per heavy atom. The van der Waals surface area contributed by atoms with E-state index in [0.717, 1.165) is 17.8 Å². The van der Waals surface area contributed by atoms with Crippen molar-refractivity contribution in [2.45, 2.75) is 25.7 Å². The Hall–Kier alpha value is -3.53. The maximum atomic E-state index is 13.4. The van der Waals surface area contributed by atoms with Gasteiger partial charge in [0.05, 0.1) is 24.9 Å². The first-order chi connectivity index (χ1) is 16.7. The van der Waals surface area contributed by atoms with Crippen molar-refractivity contribution in [1.82, 2.24) is 14.4 Å². The molecule has 3 aromatic rings. The van der Waals surface area contributed by atoms with Gasteiger partial charge in [0, 0.05) is 44.8 Å². The molecular weight excluding hydrogens is 463 g/mol. The van der Waals surface area contributed by atoms with Crippen LogP contribution in [0.5, 0.6) is 0 Å². The molecule has 7 nitrogen and oxygen atoms in total. The molecule has 0 N–H and O–H groups in total. The van der Waals surface area contributed by atoms with Crippen LogP contribution >= 0.6 is 0 Å². The van der Waals surface area contributed by atoms with Crippen LogP contribution in [-0.2, 0) is 35.8 Å². The van der Waals surface area contributed by atoms with Gasteiger partial charge in [-0.1, -0.05) is 6.07 Å². The molecule has 0 fully saturated rings. The van der Waals surface area contributed by atoms with Gasteiger partial charge in [-0.3, -0.25) is 9.59 Å². The topological polar surface area (TPSA) is 67.9 Å². The van der Waals surface area contributed by atoms with Crippen molar-refractivity contribution in [1.29, 1.82) is 0 Å². The zero-order valence-corrected chi connectivity index (χ0v) is 19.6. The van der Waals surface area contributed by atoms with Crippen molar-refractivity contribution in [3.8, 4) is 0 Å². The number of carbonyl (C=O) groups is 2. The number of ether oxygens (including phenoxy) is 1. The van der Waals surface area contributed by atoms with E-state index in [2.05, 4.69) is 0 Å². The van der Waals surface area contributed by atoms with Crippen molar-refractivity contribution in [2.24, 2.45) is 7.05 Å². The highest BCUT2D eigenvalue weighted by molar-refractivity contribution is 5.96. The molecule has 0 aliphatic rings. The number of aryl methyl sites for hydroxylation is 1. The first kappa shape index (κ1) is 26.1. The fraction of sp³-hybridized carbons (Fsp3) is 0.360. The minimum absolute atomic E-state index is 0.134. The zero-order chi connectivity index (χ0) is 25.4. The fourth-order valence-corrected chi connectivity index (χ4v) is 3.61. The third-order valence-corrected chi connectivity index (χ3v) is 5.51. The molecule has 3 rings (SSSR count). The molecule has 0 saturated carbocycles. The summed E-state index contributed by atoms with van der Waals surface area (Å²) in [6.07, 6.45) is -0.791. The number of methoxy groups -OCH3 is 1. The number of benzene rings is 1. The van der Waals surface area contributed by atoms with E-state index in [1.807, 2.05) is 29.9 Å². The molecule has 1 aromatic carbocycles. The summed E-state index contributed by atoms with van der Waals surface area (Å²) in [5.74, 6) is -0.444. The molecule has 2 amide bonds. The number of carbonyl (C=O) groups excluding carboxylic acids is 2. The van der Waals surface area contributed by atoms with Crippen molar-refractivity contribution in [3.63, 3.8) is 0 Å². The molecule has 188 valence electrons. The molecular formula is C25H28F3N3O4. The monoisotopic (exact) mass is 491 g/mol. The van der Waals surface area contributed by atoms with Crippen LogP contribution in [0.3, 0.4) is 0 Å². The first-order valence-electron chi connectivity index (χ1n) is 11.0. The molecule has 0 spiro atoms. The van der Waals surface area contributed by atoms with E-state index in [4.69, 9.17) is 9.15 Å². The van der Waals surface area contributed by atoms with Crippen LogP contribution in [0, 0.1) is 0 Å². The van der Waals surface area contributed by atoms with E-state index in [1.165, 1.54) is 30.4 Å². The summed E-state index contributed by atoms with van der Waals surface area (Å²) in [4.78, 5) is 29.4. The average molecular weight is 492 g/mol. The highest BCUT2D eigenvalue weighted by Crippen LogP contribution is 2.29. The van der Waals surface area contributed by atoms with Gasteiger partial charge in [0.15, 0.2) is 0 Å². The van der Waals surface area contributed by atoms with Gasteiger partial charge >= 0.3 is 6.18 Å². The third kappa shape index (κ3) is 7.22. The number of hydrogen-bond acceptors (Lipinski definition) is 4. The third-order valence-electron chi connectivity index (χ3n) is 5.51. The van der Waals surface area contributed by atoms with Gasteiger partial charge in [-0.15, -0.1) is 0 Å². The van der Waals surface area contributed by atoms with E-state index in [0.29, 0.717) is 18.8 Å². The summed E-state index contributed by atoms with van der Waals surface area (Å²) in [6.45, 7) is 0.630. The van der Waals surface area contributed by atoms with Gasteiger partial charge in [0.1, 0.15) is 12.3 Å². The predicted octanol–water partition coefficient (Wildman–Crippen LogP) is 4.34. The van der Waals surface area contributed by atoms with E-state index in [9.17, 15) is 22.8 Å². The van der Waals surface area contributed by atoms with Crippen molar-refractivity contribution in [3.05, 3.63) is 83.6 Å². The molecule has 0 saturated heterocycles. The highest BCUT2D eigenvalue weighted by atomic mass is 19.4. The number of alkyl halides is 3. The Morgan fingerprint density at radius 2 is 1.86 bits per heavy atom. The lowest BCUT2D eigenvalue weighted by Gasteiger charge is -2.28. The smallest absolute Gasteiger partial charge is 0.416 e. The zero-order valence-electron chi connectivity index (χ0n) is 19.6. The predicted molar refractivity (Wildman–Crippen MR) is 122 cm³/mol. The van der Waals surface area contributed by atoms with E-state index in [-0.39, 0.29) is 37.6 Å². The summed E-state index contributed by atoms with van der Waals surface area (Å²) in [6, 6.07) is 11.4. The fourth-order valence-electron chi connectivity index (χ4n) is 3.61. The van der Waals surface area contributed by atoms with Gasteiger partial charge < -0.3 is 23.5 Å². The maximum Gasteiger partial charge on any atom is 0.416 e. The Labute approximate surface area is 201 Å². The summed E-state index contributed by atoms with van der Waals surface area (Å²) < 4.78 is 51.9. The molecule has 0 radical (unpaired) electrons. The second-order valence-electron chi connectivity index (χ2n) is 8.09. The van der Waals surface area contributed by atoms with Crippen LogP contribution in [0.2, 0.25) is 0 Å². The lowest BCUT2D eigenvalue weighted by Crippen LogP contribution is -2.43. The average Bonchev–Trinajstić information content (AvgIpc) is 3.49. The minimum Gasteiger partial charge on any atom is -0.467 e.